The third-order valence-corrected chi connectivity index (χ3v) is 20.2. The molecule has 7 rings (SSSR count). The molecule has 0 nitrogen and oxygen atoms in total. The molecule has 0 aromatic heterocycles. The van der Waals surface area contributed by atoms with Gasteiger partial charge in [0, 0.05) is 0 Å². The predicted octanol–water partition coefficient (Wildman–Crippen LogP) is 10.2. The number of rotatable bonds is 2. The number of hydrogen-bond acceptors (Lipinski definition) is 0. The Kier molecular flexibility index (Phi) is 4.89. The van der Waals surface area contributed by atoms with Gasteiger partial charge in [0.05, 0.1) is 0 Å². The van der Waals surface area contributed by atoms with Crippen molar-refractivity contribution >= 4 is 40.0 Å². The second-order valence-electron chi connectivity index (χ2n) is 12.3. The molecule has 2 heteroatoms. The molecule has 4 aromatic rings. The topological polar surface area (TPSA) is 0 Å². The molecule has 3 aliphatic rings. The minimum absolute atomic E-state index is 0.655. The van der Waals surface area contributed by atoms with Gasteiger partial charge in [-0.2, -0.15) is 0 Å². The number of fused-ring (bicyclic) bond motifs is 12. The van der Waals surface area contributed by atoms with Crippen LogP contribution in [0.2, 0.25) is 23.6 Å². The molecule has 0 saturated carbocycles. The molecular weight excluding hydrogens is 484 g/mol. The molecule has 0 spiro atoms. The van der Waals surface area contributed by atoms with Crippen molar-refractivity contribution in [2.24, 2.45) is 0 Å². The fraction of sp³-hybridized carbons (Fsp3) is 0.294. The van der Waals surface area contributed by atoms with Crippen LogP contribution >= 0.6 is 0 Å². The minimum atomic E-state index is -2.53. The monoisotopic (exact) mass is 520 g/mol. The molecule has 0 N–H and O–H groups in total. The van der Waals surface area contributed by atoms with Gasteiger partial charge >= 0.3 is 221 Å². The molecule has 4 aromatic carbocycles. The third-order valence-electron chi connectivity index (χ3n) is 9.88. The summed E-state index contributed by atoms with van der Waals surface area (Å²) in [5.41, 5.74) is 10.3. The van der Waals surface area contributed by atoms with Crippen molar-refractivity contribution in [1.82, 2.24) is 0 Å². The Labute approximate surface area is 220 Å². The normalized spacial score (nSPS) is 23.2. The first-order chi connectivity index (χ1) is 17.3. The Morgan fingerprint density at radius 1 is 0.611 bits per heavy atom. The summed E-state index contributed by atoms with van der Waals surface area (Å²) in [6, 6.07) is 28.3. The van der Waals surface area contributed by atoms with E-state index in [0.29, 0.717) is 8.45 Å². The van der Waals surface area contributed by atoms with Crippen LogP contribution in [0.25, 0.3) is 31.9 Å². The molecule has 1 aliphatic heterocycles. The zero-order valence-electron chi connectivity index (χ0n) is 22.5. The van der Waals surface area contributed by atoms with E-state index in [1.807, 2.05) is 11.1 Å². The van der Waals surface area contributed by atoms with Crippen LogP contribution in [-0.4, -0.2) is 8.07 Å². The van der Waals surface area contributed by atoms with Crippen molar-refractivity contribution in [3.63, 3.8) is 0 Å². The van der Waals surface area contributed by atoms with Gasteiger partial charge in [-0.3, -0.25) is 0 Å². The predicted molar refractivity (Wildman–Crippen MR) is 157 cm³/mol. The average Bonchev–Trinajstić information content (AvgIpc) is 3.44. The van der Waals surface area contributed by atoms with E-state index in [-0.39, 0.29) is 0 Å². The molecule has 36 heavy (non-hydrogen) atoms. The zero-order chi connectivity index (χ0) is 25.0. The van der Waals surface area contributed by atoms with Crippen LogP contribution in [0.4, 0.5) is 0 Å². The first-order valence-corrected chi connectivity index (χ1v) is 21.8. The van der Waals surface area contributed by atoms with Gasteiger partial charge in [0.2, 0.25) is 0 Å². The summed E-state index contributed by atoms with van der Waals surface area (Å²) in [6.45, 7) is 10.3. The van der Waals surface area contributed by atoms with Crippen LogP contribution in [0.3, 0.4) is 0 Å². The Morgan fingerprint density at radius 3 is 1.44 bits per heavy atom. The molecule has 2 unspecified atom stereocenters. The van der Waals surface area contributed by atoms with Gasteiger partial charge in [-0.15, -0.1) is 0 Å². The molecule has 4 bridgehead atoms. The summed E-state index contributed by atoms with van der Waals surface area (Å²) in [6.07, 6.45) is 2.37. The Balaban J connectivity index is 1.67. The van der Waals surface area contributed by atoms with Gasteiger partial charge in [0.1, 0.15) is 0 Å². The van der Waals surface area contributed by atoms with E-state index in [0.717, 1.165) is 0 Å². The van der Waals surface area contributed by atoms with Crippen LogP contribution in [0, 0.1) is 0 Å². The second-order valence-corrected chi connectivity index (χ2v) is 24.1. The van der Waals surface area contributed by atoms with Crippen molar-refractivity contribution < 1.29 is 16.6 Å². The van der Waals surface area contributed by atoms with Gasteiger partial charge < -0.3 is 0 Å². The van der Waals surface area contributed by atoms with E-state index in [1.165, 1.54) is 34.4 Å². The van der Waals surface area contributed by atoms with E-state index in [4.69, 9.17) is 0 Å². The van der Waals surface area contributed by atoms with E-state index in [9.17, 15) is 0 Å². The van der Waals surface area contributed by atoms with Gasteiger partial charge in [0.25, 0.3) is 0 Å². The molecule has 2 aliphatic carbocycles. The molecule has 0 radical (unpaired) electrons. The average molecular weight is 521 g/mol. The van der Waals surface area contributed by atoms with Crippen molar-refractivity contribution in [2.75, 3.05) is 0 Å². The Hall–Kier alpha value is -2.19. The maximum atomic E-state index is 2.77. The van der Waals surface area contributed by atoms with Crippen molar-refractivity contribution in [3.05, 3.63) is 106 Å². The number of benzene rings is 4. The zero-order valence-corrected chi connectivity index (χ0v) is 25.1. The first kappa shape index (κ1) is 23.0. The summed E-state index contributed by atoms with van der Waals surface area (Å²) >= 11 is -2.53. The van der Waals surface area contributed by atoms with Crippen molar-refractivity contribution in [1.29, 1.82) is 0 Å². The van der Waals surface area contributed by atoms with Crippen molar-refractivity contribution in [3.8, 4) is 0 Å². The van der Waals surface area contributed by atoms with Gasteiger partial charge in [-0.05, 0) is 0 Å². The SMILES string of the molecule is CCC1=C2c3c(ccc4ccccc34)[CH]1[Ti]([CH3])([CH3])[CH]1C(CC)=C(c3c1ccc1ccccc31)[Si]2(C)C. The summed E-state index contributed by atoms with van der Waals surface area (Å²) in [5, 5.41) is 14.9. The number of allylic oxidation sites excluding steroid dienone is 2. The summed E-state index contributed by atoms with van der Waals surface area (Å²) in [4.78, 5) is 0. The van der Waals surface area contributed by atoms with Gasteiger partial charge in [-0.25, -0.2) is 0 Å². The quantitative estimate of drug-likeness (QED) is 0.231. The molecule has 0 fully saturated rings. The standard InChI is InChI=1S/C32H30Si.2CH3.Ti/c1-5-21-19-25-17-15-23-11-7-9-13-27(23)29(25)31(21)33(3,4)32-22(6-2)20-26-18-16-24-12-8-10-14-28(24)30(26)32;;;/h7-20H,5-6H2,1-4H3;2*1H3;. The molecule has 180 valence electrons. The van der Waals surface area contributed by atoms with Crippen LogP contribution < -0.4 is 0 Å². The summed E-state index contributed by atoms with van der Waals surface area (Å²) < 4.78 is 1.31. The molecular formula is C34H36SiTi. The van der Waals surface area contributed by atoms with E-state index >= 15 is 0 Å². The van der Waals surface area contributed by atoms with Crippen LogP contribution in [0.5, 0.6) is 0 Å². The van der Waals surface area contributed by atoms with E-state index in [1.54, 1.807) is 32.6 Å². The van der Waals surface area contributed by atoms with Crippen LogP contribution in [0.1, 0.15) is 57.4 Å². The fourth-order valence-electron chi connectivity index (χ4n) is 8.78. The van der Waals surface area contributed by atoms with Crippen LogP contribution in [0.15, 0.2) is 83.9 Å². The van der Waals surface area contributed by atoms with E-state index in [2.05, 4.69) is 110 Å². The van der Waals surface area contributed by atoms with Gasteiger partial charge in [0.15, 0.2) is 0 Å². The number of hydrogen-bond donors (Lipinski definition) is 0. The Morgan fingerprint density at radius 2 is 1.03 bits per heavy atom. The van der Waals surface area contributed by atoms with Crippen LogP contribution in [-0.2, 0) is 16.6 Å². The molecule has 1 heterocycles. The summed E-state index contributed by atoms with van der Waals surface area (Å²) in [7, 11) is -2.03. The Bertz CT molecular complexity index is 1540. The van der Waals surface area contributed by atoms with Crippen molar-refractivity contribution in [2.45, 2.75) is 58.7 Å². The summed E-state index contributed by atoms with van der Waals surface area (Å²) in [5.74, 6) is 0. The van der Waals surface area contributed by atoms with E-state index < -0.39 is 24.7 Å². The molecule has 0 saturated heterocycles. The molecule has 2 atom stereocenters. The van der Waals surface area contributed by atoms with Gasteiger partial charge in [-0.1, -0.05) is 0 Å². The second kappa shape index (κ2) is 7.67. The molecule has 0 amide bonds. The fourth-order valence-corrected chi connectivity index (χ4v) is 21.2. The maximum absolute atomic E-state index is 2.77. The third kappa shape index (κ3) is 2.70. The first-order valence-electron chi connectivity index (χ1n) is 13.8.